The molecule has 0 spiro atoms. The second-order valence-electron chi connectivity index (χ2n) is 4.79. The molecule has 0 saturated heterocycles. The molecule has 3 nitrogen and oxygen atoms in total. The van der Waals surface area contributed by atoms with Gasteiger partial charge >= 0.3 is 0 Å². The molecule has 0 aliphatic heterocycles. The van der Waals surface area contributed by atoms with Crippen molar-refractivity contribution in [2.45, 2.75) is 32.7 Å². The highest BCUT2D eigenvalue weighted by Gasteiger charge is 2.22. The highest BCUT2D eigenvalue weighted by atomic mass is 19.1. The van der Waals surface area contributed by atoms with E-state index in [4.69, 9.17) is 5.11 Å². The van der Waals surface area contributed by atoms with Crippen molar-refractivity contribution in [3.05, 3.63) is 35.1 Å². The van der Waals surface area contributed by atoms with Crippen LogP contribution in [0.25, 0.3) is 0 Å². The largest absolute Gasteiger partial charge is 0.396 e. The number of benzene rings is 1. The zero-order valence-corrected chi connectivity index (χ0v) is 10.4. The van der Waals surface area contributed by atoms with E-state index in [0.717, 1.165) is 5.56 Å². The lowest BCUT2D eigenvalue weighted by Crippen LogP contribution is -2.44. The summed E-state index contributed by atoms with van der Waals surface area (Å²) in [5.41, 5.74) is 0.315. The summed E-state index contributed by atoms with van der Waals surface area (Å²) >= 11 is 0. The minimum absolute atomic E-state index is 0.0242. The highest BCUT2D eigenvalue weighted by molar-refractivity contribution is 5.95. The van der Waals surface area contributed by atoms with Gasteiger partial charge in [-0.25, -0.2) is 4.39 Å². The second-order valence-corrected chi connectivity index (χ2v) is 4.79. The Hall–Kier alpha value is -1.42. The van der Waals surface area contributed by atoms with Crippen LogP contribution in [0.1, 0.15) is 36.2 Å². The molecule has 0 radical (unpaired) electrons. The summed E-state index contributed by atoms with van der Waals surface area (Å²) in [5, 5.41) is 11.6. The summed E-state index contributed by atoms with van der Waals surface area (Å²) in [6.45, 7) is 5.35. The SMILES string of the molecule is Cc1ccc(F)c(C(=O)NC(C)(C)CCO)c1. The number of carbonyl (C=O) groups excluding carboxylic acids is 1. The fourth-order valence-corrected chi connectivity index (χ4v) is 1.53. The van der Waals surface area contributed by atoms with Crippen LogP contribution in [0, 0.1) is 12.7 Å². The Labute approximate surface area is 101 Å². The van der Waals surface area contributed by atoms with Crippen molar-refractivity contribution in [2.75, 3.05) is 6.61 Å². The Balaban J connectivity index is 2.86. The third kappa shape index (κ3) is 3.82. The molecule has 17 heavy (non-hydrogen) atoms. The first-order valence-electron chi connectivity index (χ1n) is 5.55. The normalized spacial score (nSPS) is 11.4. The molecular weight excluding hydrogens is 221 g/mol. The summed E-state index contributed by atoms with van der Waals surface area (Å²) in [7, 11) is 0. The molecule has 0 fully saturated rings. The molecule has 94 valence electrons. The van der Waals surface area contributed by atoms with Gasteiger partial charge in [0.05, 0.1) is 5.56 Å². The van der Waals surface area contributed by atoms with Gasteiger partial charge in [-0.15, -0.1) is 0 Å². The van der Waals surface area contributed by atoms with Crippen LogP contribution in [0.3, 0.4) is 0 Å². The Morgan fingerprint density at radius 3 is 2.71 bits per heavy atom. The molecule has 0 aliphatic rings. The zero-order chi connectivity index (χ0) is 13.1. The summed E-state index contributed by atoms with van der Waals surface area (Å²) in [6.07, 6.45) is 0.423. The van der Waals surface area contributed by atoms with E-state index in [0.29, 0.717) is 6.42 Å². The lowest BCUT2D eigenvalue weighted by molar-refractivity contribution is 0.0895. The third-order valence-corrected chi connectivity index (χ3v) is 2.56. The number of hydrogen-bond donors (Lipinski definition) is 2. The van der Waals surface area contributed by atoms with E-state index in [-0.39, 0.29) is 12.2 Å². The number of aryl methyl sites for hydroxylation is 1. The number of carbonyl (C=O) groups is 1. The summed E-state index contributed by atoms with van der Waals surface area (Å²) in [6, 6.07) is 4.41. The number of rotatable bonds is 4. The van der Waals surface area contributed by atoms with Crippen LogP contribution < -0.4 is 5.32 Å². The molecule has 0 aliphatic carbocycles. The topological polar surface area (TPSA) is 49.3 Å². The minimum atomic E-state index is -0.554. The van der Waals surface area contributed by atoms with Crippen molar-refractivity contribution in [2.24, 2.45) is 0 Å². The molecule has 1 rings (SSSR count). The van der Waals surface area contributed by atoms with Crippen LogP contribution in [0.15, 0.2) is 18.2 Å². The Kier molecular flexibility index (Phi) is 4.23. The van der Waals surface area contributed by atoms with Crippen molar-refractivity contribution in [1.29, 1.82) is 0 Å². The monoisotopic (exact) mass is 239 g/mol. The van der Waals surface area contributed by atoms with E-state index in [1.54, 1.807) is 26.8 Å². The van der Waals surface area contributed by atoms with Gasteiger partial charge in [0.25, 0.3) is 5.91 Å². The van der Waals surface area contributed by atoms with Crippen LogP contribution >= 0.6 is 0 Å². The first kappa shape index (κ1) is 13.6. The number of aliphatic hydroxyl groups is 1. The molecule has 1 aromatic carbocycles. The maximum absolute atomic E-state index is 13.5. The maximum atomic E-state index is 13.5. The fraction of sp³-hybridized carbons (Fsp3) is 0.462. The van der Waals surface area contributed by atoms with E-state index in [9.17, 15) is 9.18 Å². The third-order valence-electron chi connectivity index (χ3n) is 2.56. The predicted octanol–water partition coefficient (Wildman–Crippen LogP) is 2.02. The molecular formula is C13H18FNO2. The van der Waals surface area contributed by atoms with Crippen molar-refractivity contribution < 1.29 is 14.3 Å². The molecule has 0 unspecified atom stereocenters. The van der Waals surface area contributed by atoms with Crippen molar-refractivity contribution in [3.63, 3.8) is 0 Å². The van der Waals surface area contributed by atoms with Gasteiger partial charge < -0.3 is 10.4 Å². The van der Waals surface area contributed by atoms with Gasteiger partial charge in [-0.2, -0.15) is 0 Å². The van der Waals surface area contributed by atoms with Gasteiger partial charge in [0.1, 0.15) is 5.82 Å². The van der Waals surface area contributed by atoms with E-state index < -0.39 is 17.3 Å². The number of nitrogens with one attached hydrogen (secondary N) is 1. The van der Waals surface area contributed by atoms with Crippen LogP contribution in [-0.4, -0.2) is 23.2 Å². The van der Waals surface area contributed by atoms with Gasteiger partial charge in [-0.3, -0.25) is 4.79 Å². The predicted molar refractivity (Wildman–Crippen MR) is 64.4 cm³/mol. The molecule has 2 N–H and O–H groups in total. The molecule has 0 heterocycles. The standard InChI is InChI=1S/C13H18FNO2/c1-9-4-5-11(14)10(8-9)12(17)15-13(2,3)6-7-16/h4-5,8,16H,6-7H2,1-3H3,(H,15,17). The average Bonchev–Trinajstić information content (AvgIpc) is 2.20. The molecule has 4 heteroatoms. The van der Waals surface area contributed by atoms with Crippen molar-refractivity contribution in [1.82, 2.24) is 5.32 Å². The molecule has 0 aromatic heterocycles. The van der Waals surface area contributed by atoms with Crippen molar-refractivity contribution in [3.8, 4) is 0 Å². The lowest BCUT2D eigenvalue weighted by Gasteiger charge is -2.25. The first-order valence-corrected chi connectivity index (χ1v) is 5.55. The second kappa shape index (κ2) is 5.27. The molecule has 0 bridgehead atoms. The molecule has 1 aromatic rings. The van der Waals surface area contributed by atoms with Crippen LogP contribution in [0.2, 0.25) is 0 Å². The van der Waals surface area contributed by atoms with E-state index in [2.05, 4.69) is 5.32 Å². The van der Waals surface area contributed by atoms with Crippen LogP contribution in [-0.2, 0) is 0 Å². The van der Waals surface area contributed by atoms with E-state index >= 15 is 0 Å². The number of aliphatic hydroxyl groups excluding tert-OH is 1. The summed E-state index contributed by atoms with van der Waals surface area (Å²) in [5.74, 6) is -0.988. The quantitative estimate of drug-likeness (QED) is 0.844. The van der Waals surface area contributed by atoms with Gasteiger partial charge in [-0.05, 0) is 39.3 Å². The van der Waals surface area contributed by atoms with Crippen LogP contribution in [0.4, 0.5) is 4.39 Å². The van der Waals surface area contributed by atoms with E-state index in [1.807, 2.05) is 0 Å². The van der Waals surface area contributed by atoms with Gasteiger partial charge in [0, 0.05) is 12.1 Å². The van der Waals surface area contributed by atoms with Crippen LogP contribution in [0.5, 0.6) is 0 Å². The highest BCUT2D eigenvalue weighted by Crippen LogP contribution is 2.13. The lowest BCUT2D eigenvalue weighted by atomic mass is 10.00. The Morgan fingerprint density at radius 1 is 1.47 bits per heavy atom. The Bertz CT molecular complexity index is 416. The van der Waals surface area contributed by atoms with Gasteiger partial charge in [-0.1, -0.05) is 11.6 Å². The number of amides is 1. The summed E-state index contributed by atoms with van der Waals surface area (Å²) in [4.78, 5) is 11.9. The fourth-order valence-electron chi connectivity index (χ4n) is 1.53. The summed E-state index contributed by atoms with van der Waals surface area (Å²) < 4.78 is 13.5. The zero-order valence-electron chi connectivity index (χ0n) is 10.4. The number of hydrogen-bond acceptors (Lipinski definition) is 2. The van der Waals surface area contributed by atoms with Crippen molar-refractivity contribution >= 4 is 5.91 Å². The van der Waals surface area contributed by atoms with Gasteiger partial charge in [0.15, 0.2) is 0 Å². The number of halogens is 1. The average molecular weight is 239 g/mol. The Morgan fingerprint density at radius 2 is 2.12 bits per heavy atom. The molecule has 0 atom stereocenters. The van der Waals surface area contributed by atoms with E-state index in [1.165, 1.54) is 12.1 Å². The molecule has 1 amide bonds. The van der Waals surface area contributed by atoms with Gasteiger partial charge in [0.2, 0.25) is 0 Å². The molecule has 0 saturated carbocycles. The first-order chi connectivity index (χ1) is 7.85. The maximum Gasteiger partial charge on any atom is 0.254 e. The minimum Gasteiger partial charge on any atom is -0.396 e. The smallest absolute Gasteiger partial charge is 0.254 e.